The second kappa shape index (κ2) is 5.52. The molecule has 128 valence electrons. The van der Waals surface area contributed by atoms with Gasteiger partial charge < -0.3 is 4.90 Å². The quantitative estimate of drug-likeness (QED) is 0.779. The Morgan fingerprint density at radius 2 is 2.08 bits per heavy atom. The van der Waals surface area contributed by atoms with E-state index in [9.17, 15) is 13.2 Å². The Morgan fingerprint density at radius 1 is 1.24 bits per heavy atom. The lowest BCUT2D eigenvalue weighted by Gasteiger charge is -2.22. The van der Waals surface area contributed by atoms with Crippen LogP contribution in [-0.2, 0) is 23.5 Å². The Hall–Kier alpha value is -3.01. The largest absolute Gasteiger partial charge is 0.305 e. The summed E-state index contributed by atoms with van der Waals surface area (Å²) < 4.78 is 26.9. The summed E-state index contributed by atoms with van der Waals surface area (Å²) in [5, 5.41) is 12.1. The summed E-state index contributed by atoms with van der Waals surface area (Å²) in [6.45, 7) is 0.493. The van der Waals surface area contributed by atoms with Gasteiger partial charge in [0.25, 0.3) is 15.9 Å². The third-order valence-electron chi connectivity index (χ3n) is 4.13. The average molecular weight is 358 g/mol. The van der Waals surface area contributed by atoms with Gasteiger partial charge in [-0.25, -0.2) is 17.4 Å². The first-order valence-corrected chi connectivity index (χ1v) is 9.04. The van der Waals surface area contributed by atoms with E-state index >= 15 is 0 Å². The van der Waals surface area contributed by atoms with Gasteiger partial charge in [-0.2, -0.15) is 0 Å². The van der Waals surface area contributed by atoms with Crippen LogP contribution in [0.3, 0.4) is 0 Å². The number of fused-ring (bicyclic) bond motifs is 1. The molecule has 0 aliphatic carbocycles. The minimum atomic E-state index is -3.56. The molecule has 2 aliphatic rings. The predicted molar refractivity (Wildman–Crippen MR) is 90.3 cm³/mol. The van der Waals surface area contributed by atoms with Crippen LogP contribution in [0.1, 0.15) is 16.2 Å². The number of carbonyl (C=O) groups excluding carboxylic acids is 1. The molecule has 1 aromatic carbocycles. The molecule has 0 N–H and O–H groups in total. The molecule has 2 aliphatic heterocycles. The second-order valence-corrected chi connectivity index (χ2v) is 7.35. The van der Waals surface area contributed by atoms with Crippen molar-refractivity contribution in [3.63, 3.8) is 0 Å². The number of aryl methyl sites for hydroxylation is 1. The van der Waals surface area contributed by atoms with Crippen LogP contribution in [0, 0.1) is 0 Å². The molecule has 2 aromatic rings. The summed E-state index contributed by atoms with van der Waals surface area (Å²) in [6.07, 6.45) is 5.28. The van der Waals surface area contributed by atoms with Crippen molar-refractivity contribution >= 4 is 27.3 Å². The van der Waals surface area contributed by atoms with Gasteiger partial charge in [0.1, 0.15) is 0 Å². The zero-order valence-corrected chi connectivity index (χ0v) is 14.1. The molecule has 0 saturated heterocycles. The van der Waals surface area contributed by atoms with Crippen molar-refractivity contribution in [1.82, 2.24) is 20.2 Å². The molecule has 1 amide bonds. The number of aromatic nitrogens is 4. The zero-order valence-electron chi connectivity index (χ0n) is 13.3. The van der Waals surface area contributed by atoms with Crippen LogP contribution in [0.25, 0.3) is 0 Å². The fraction of sp³-hybridized carbons (Fsp3) is 0.200. The lowest BCUT2D eigenvalue weighted by Crippen LogP contribution is -2.31. The van der Waals surface area contributed by atoms with Crippen LogP contribution in [-0.4, -0.2) is 41.1 Å². The maximum atomic E-state index is 12.7. The molecular weight excluding hydrogens is 344 g/mol. The molecule has 0 unspecified atom stereocenters. The summed E-state index contributed by atoms with van der Waals surface area (Å²) in [4.78, 5) is 14.3. The summed E-state index contributed by atoms with van der Waals surface area (Å²) >= 11 is 0. The van der Waals surface area contributed by atoms with E-state index in [-0.39, 0.29) is 11.7 Å². The molecule has 0 fully saturated rings. The first-order valence-electron chi connectivity index (χ1n) is 7.54. The lowest BCUT2D eigenvalue weighted by molar-refractivity contribution is 0.0975. The maximum absolute atomic E-state index is 12.7. The summed E-state index contributed by atoms with van der Waals surface area (Å²) in [5.74, 6) is -0.188. The monoisotopic (exact) mass is 358 g/mol. The molecule has 10 heteroatoms. The fourth-order valence-corrected chi connectivity index (χ4v) is 3.97. The van der Waals surface area contributed by atoms with Crippen LogP contribution in [0.5, 0.6) is 0 Å². The van der Waals surface area contributed by atoms with E-state index in [0.29, 0.717) is 24.3 Å². The first kappa shape index (κ1) is 15.5. The highest BCUT2D eigenvalue weighted by molar-refractivity contribution is 7.95. The number of benzene rings is 1. The highest BCUT2D eigenvalue weighted by Gasteiger charge is 2.30. The number of anilines is 2. The van der Waals surface area contributed by atoms with E-state index in [1.807, 2.05) is 6.07 Å². The standard InChI is InChI=1S/C15H14N6O3S/c1-19-14(16-17-18-19)15(22)20-8-6-11-4-5-12(10-13(11)20)21-7-2-3-9-25(21,23)24/h2-5,7,9-10H,6,8H2,1H3. The van der Waals surface area contributed by atoms with Gasteiger partial charge in [0.15, 0.2) is 0 Å². The zero-order chi connectivity index (χ0) is 17.6. The van der Waals surface area contributed by atoms with Crippen LogP contribution in [0.4, 0.5) is 11.4 Å². The van der Waals surface area contributed by atoms with E-state index in [0.717, 1.165) is 11.0 Å². The Kier molecular flexibility index (Phi) is 3.42. The average Bonchev–Trinajstić information content (AvgIpc) is 3.19. The van der Waals surface area contributed by atoms with Crippen molar-refractivity contribution in [2.45, 2.75) is 6.42 Å². The Morgan fingerprint density at radius 3 is 2.80 bits per heavy atom. The van der Waals surface area contributed by atoms with Gasteiger partial charge in [-0.15, -0.1) is 5.10 Å². The molecule has 9 nitrogen and oxygen atoms in total. The molecule has 25 heavy (non-hydrogen) atoms. The third kappa shape index (κ3) is 2.50. The Bertz CT molecular complexity index is 1020. The smallest absolute Gasteiger partial charge is 0.297 e. The number of hydrogen-bond donors (Lipinski definition) is 0. The minimum Gasteiger partial charge on any atom is -0.305 e. The van der Waals surface area contributed by atoms with Crippen LogP contribution >= 0.6 is 0 Å². The van der Waals surface area contributed by atoms with Crippen LogP contribution in [0.15, 0.2) is 42.0 Å². The van der Waals surface area contributed by atoms with Crippen molar-refractivity contribution in [2.75, 3.05) is 15.7 Å². The van der Waals surface area contributed by atoms with Gasteiger partial charge >= 0.3 is 0 Å². The van der Waals surface area contributed by atoms with E-state index in [1.165, 1.54) is 21.3 Å². The number of tetrazole rings is 1. The maximum Gasteiger partial charge on any atom is 0.297 e. The van der Waals surface area contributed by atoms with Crippen molar-refractivity contribution < 1.29 is 13.2 Å². The number of carbonyl (C=O) groups is 1. The molecular formula is C15H14N6O3S. The second-order valence-electron chi connectivity index (χ2n) is 5.66. The first-order chi connectivity index (χ1) is 12.0. The third-order valence-corrected chi connectivity index (χ3v) is 5.51. The van der Waals surface area contributed by atoms with E-state index < -0.39 is 10.0 Å². The number of sulfonamides is 1. The summed E-state index contributed by atoms with van der Waals surface area (Å²) in [5.41, 5.74) is 2.11. The molecule has 1 aromatic heterocycles. The number of rotatable bonds is 2. The number of hydrogen-bond acceptors (Lipinski definition) is 6. The van der Waals surface area contributed by atoms with Crippen LogP contribution in [0.2, 0.25) is 0 Å². The highest BCUT2D eigenvalue weighted by Crippen LogP contribution is 2.34. The molecule has 0 radical (unpaired) electrons. The van der Waals surface area contributed by atoms with Gasteiger partial charge in [-0.05, 0) is 46.7 Å². The summed E-state index contributed by atoms with van der Waals surface area (Å²) in [6, 6.07) is 5.28. The molecule has 0 spiro atoms. The molecule has 0 bridgehead atoms. The van der Waals surface area contributed by atoms with Crippen LogP contribution < -0.4 is 9.21 Å². The predicted octanol–water partition coefficient (Wildman–Crippen LogP) is 0.590. The number of allylic oxidation sites excluding steroid dienone is 2. The van der Waals surface area contributed by atoms with E-state index in [2.05, 4.69) is 15.5 Å². The fourth-order valence-electron chi connectivity index (χ4n) is 2.90. The SMILES string of the molecule is Cn1nnnc1C(=O)N1CCc2ccc(N3C=CC=CS3(=O)=O)cc21. The highest BCUT2D eigenvalue weighted by atomic mass is 32.2. The minimum absolute atomic E-state index is 0.131. The van der Waals surface area contributed by atoms with E-state index in [1.54, 1.807) is 30.2 Å². The Balaban J connectivity index is 1.73. The number of nitrogens with zero attached hydrogens (tertiary/aromatic N) is 6. The van der Waals surface area contributed by atoms with Crippen molar-refractivity contribution in [3.8, 4) is 0 Å². The molecule has 3 heterocycles. The van der Waals surface area contributed by atoms with Gasteiger partial charge in [0.05, 0.1) is 11.1 Å². The van der Waals surface area contributed by atoms with Gasteiger partial charge in [0, 0.05) is 25.5 Å². The molecule has 4 rings (SSSR count). The normalized spacial score (nSPS) is 17.8. The number of amides is 1. The summed E-state index contributed by atoms with van der Waals surface area (Å²) in [7, 11) is -1.96. The molecule has 0 atom stereocenters. The van der Waals surface area contributed by atoms with Gasteiger partial charge in [0.2, 0.25) is 5.82 Å². The van der Waals surface area contributed by atoms with E-state index in [4.69, 9.17) is 0 Å². The topological polar surface area (TPSA) is 101 Å². The van der Waals surface area contributed by atoms with Crippen molar-refractivity contribution in [1.29, 1.82) is 0 Å². The van der Waals surface area contributed by atoms with Crippen molar-refractivity contribution in [2.24, 2.45) is 7.05 Å². The van der Waals surface area contributed by atoms with Gasteiger partial charge in [-0.1, -0.05) is 6.07 Å². The Labute approximate surface area is 143 Å². The van der Waals surface area contributed by atoms with Gasteiger partial charge in [-0.3, -0.25) is 4.79 Å². The van der Waals surface area contributed by atoms with Crippen molar-refractivity contribution in [3.05, 3.63) is 53.3 Å². The molecule has 0 saturated carbocycles. The lowest BCUT2D eigenvalue weighted by atomic mass is 10.1.